The second kappa shape index (κ2) is 6.75. The van der Waals surface area contributed by atoms with Crippen LogP contribution in [0.1, 0.15) is 5.56 Å². The summed E-state index contributed by atoms with van der Waals surface area (Å²) in [6, 6.07) is 1.28. The van der Waals surface area contributed by atoms with E-state index in [0.29, 0.717) is 5.56 Å². The van der Waals surface area contributed by atoms with E-state index in [1.807, 2.05) is 0 Å². The van der Waals surface area contributed by atoms with Crippen LogP contribution in [0.15, 0.2) is 11.0 Å². The zero-order valence-corrected chi connectivity index (χ0v) is 14.9. The number of carboxylic acids is 1. The molecule has 0 saturated heterocycles. The molecule has 1 aliphatic heterocycles. The summed E-state index contributed by atoms with van der Waals surface area (Å²) in [6.07, 6.45) is -2.61. The van der Waals surface area contributed by atoms with E-state index in [1.165, 1.54) is 20.2 Å². The molecule has 2 atom stereocenters. The number of carbonyl (C=O) groups excluding carboxylic acids is 1. The van der Waals surface area contributed by atoms with Crippen LogP contribution < -0.4 is 4.74 Å². The summed E-state index contributed by atoms with van der Waals surface area (Å²) in [7, 11) is -1.18. The van der Waals surface area contributed by atoms with Crippen LogP contribution >= 0.6 is 23.2 Å². The molecular formula is C13H13Cl2NO7S. The van der Waals surface area contributed by atoms with Crippen LogP contribution in [0.5, 0.6) is 5.75 Å². The molecular weight excluding hydrogens is 385 g/mol. The second-order valence-electron chi connectivity index (χ2n) is 5.13. The Kier molecular flexibility index (Phi) is 5.28. The first-order valence-corrected chi connectivity index (χ1v) is 8.72. The van der Waals surface area contributed by atoms with E-state index in [1.54, 1.807) is 0 Å². The van der Waals surface area contributed by atoms with Gasteiger partial charge in [-0.2, -0.15) is 0 Å². The molecule has 2 unspecified atom stereocenters. The van der Waals surface area contributed by atoms with E-state index in [4.69, 9.17) is 33.0 Å². The molecule has 1 aromatic carbocycles. The number of benzene rings is 1. The Morgan fingerprint density at radius 3 is 2.58 bits per heavy atom. The normalized spacial score (nSPS) is 18.0. The SMILES string of the molecule is CN(C)S(=O)(=O)c1cc2c(c(Cl)c1Cl)OC(C(OC=O)C(=O)O)C2. The molecule has 11 heteroatoms. The molecule has 1 N–H and O–H groups in total. The Labute approximate surface area is 147 Å². The van der Waals surface area contributed by atoms with Gasteiger partial charge in [-0.1, -0.05) is 23.2 Å². The van der Waals surface area contributed by atoms with Gasteiger partial charge in [0.2, 0.25) is 16.1 Å². The van der Waals surface area contributed by atoms with E-state index in [0.717, 1.165) is 4.31 Å². The van der Waals surface area contributed by atoms with E-state index in [9.17, 15) is 18.0 Å². The first kappa shape index (κ1) is 18.8. The van der Waals surface area contributed by atoms with Gasteiger partial charge in [0.25, 0.3) is 6.47 Å². The zero-order valence-electron chi connectivity index (χ0n) is 12.5. The molecule has 0 amide bonds. The van der Waals surface area contributed by atoms with Gasteiger partial charge < -0.3 is 14.6 Å². The number of hydrogen-bond donors (Lipinski definition) is 1. The third-order valence-corrected chi connectivity index (χ3v) is 6.24. The smallest absolute Gasteiger partial charge is 0.348 e. The third-order valence-electron chi connectivity index (χ3n) is 3.44. The Bertz CT molecular complexity index is 794. The van der Waals surface area contributed by atoms with Crippen molar-refractivity contribution in [3.05, 3.63) is 21.7 Å². The number of carboxylic acid groups (broad SMARTS) is 1. The highest BCUT2D eigenvalue weighted by molar-refractivity contribution is 7.89. The van der Waals surface area contributed by atoms with E-state index in [2.05, 4.69) is 4.74 Å². The largest absolute Gasteiger partial charge is 0.484 e. The minimum absolute atomic E-state index is 0.00164. The summed E-state index contributed by atoms with van der Waals surface area (Å²) < 4.78 is 35.5. The van der Waals surface area contributed by atoms with Crippen molar-refractivity contribution in [3.8, 4) is 5.75 Å². The zero-order chi connectivity index (χ0) is 18.2. The molecule has 0 bridgehead atoms. The van der Waals surface area contributed by atoms with Crippen molar-refractivity contribution in [2.24, 2.45) is 0 Å². The van der Waals surface area contributed by atoms with E-state index >= 15 is 0 Å². The van der Waals surface area contributed by atoms with Crippen LogP contribution in [0.25, 0.3) is 0 Å². The van der Waals surface area contributed by atoms with E-state index in [-0.39, 0.29) is 33.6 Å². The summed E-state index contributed by atoms with van der Waals surface area (Å²) in [4.78, 5) is 21.4. The molecule has 0 fully saturated rings. The number of halogens is 2. The first-order valence-electron chi connectivity index (χ1n) is 6.53. The van der Waals surface area contributed by atoms with Crippen molar-refractivity contribution >= 4 is 45.7 Å². The van der Waals surface area contributed by atoms with Crippen LogP contribution in [0, 0.1) is 0 Å². The fourth-order valence-electron chi connectivity index (χ4n) is 2.24. The number of sulfonamides is 1. The number of rotatable bonds is 6. The maximum atomic E-state index is 12.3. The lowest BCUT2D eigenvalue weighted by atomic mass is 10.1. The summed E-state index contributed by atoms with van der Waals surface area (Å²) in [5, 5.41) is 8.72. The lowest BCUT2D eigenvalue weighted by molar-refractivity contribution is -0.162. The number of aliphatic carboxylic acids is 1. The summed E-state index contributed by atoms with van der Waals surface area (Å²) >= 11 is 12.1. The van der Waals surface area contributed by atoms with Crippen LogP contribution in [0.3, 0.4) is 0 Å². The van der Waals surface area contributed by atoms with Crippen LogP contribution in [-0.4, -0.2) is 56.6 Å². The van der Waals surface area contributed by atoms with Crippen LogP contribution in [0.2, 0.25) is 10.0 Å². The van der Waals surface area contributed by atoms with Crippen molar-refractivity contribution in [2.45, 2.75) is 23.5 Å². The summed E-state index contributed by atoms with van der Waals surface area (Å²) in [6.45, 7) is 0.00164. The van der Waals surface area contributed by atoms with Crippen molar-refractivity contribution in [3.63, 3.8) is 0 Å². The van der Waals surface area contributed by atoms with E-state index < -0.39 is 28.2 Å². The molecule has 1 aromatic rings. The topological polar surface area (TPSA) is 110 Å². The fraction of sp³-hybridized carbons (Fsp3) is 0.385. The first-order chi connectivity index (χ1) is 11.1. The van der Waals surface area contributed by atoms with Gasteiger partial charge in [-0.15, -0.1) is 0 Å². The maximum absolute atomic E-state index is 12.3. The van der Waals surface area contributed by atoms with Gasteiger partial charge in [0, 0.05) is 26.1 Å². The molecule has 1 heterocycles. The molecule has 0 aliphatic carbocycles. The Morgan fingerprint density at radius 2 is 2.08 bits per heavy atom. The monoisotopic (exact) mass is 397 g/mol. The van der Waals surface area contributed by atoms with Crippen molar-refractivity contribution in [1.29, 1.82) is 0 Å². The lowest BCUT2D eigenvalue weighted by Crippen LogP contribution is -2.39. The Balaban J connectivity index is 2.48. The van der Waals surface area contributed by atoms with Gasteiger partial charge in [0.15, 0.2) is 6.10 Å². The summed E-state index contributed by atoms with van der Waals surface area (Å²) in [5.41, 5.74) is 0.357. The molecule has 0 radical (unpaired) electrons. The van der Waals surface area contributed by atoms with Crippen molar-refractivity contribution in [1.82, 2.24) is 4.31 Å². The number of carbonyl (C=O) groups is 2. The lowest BCUT2D eigenvalue weighted by Gasteiger charge is -2.17. The van der Waals surface area contributed by atoms with Gasteiger partial charge >= 0.3 is 5.97 Å². The Hall–Kier alpha value is -1.55. The molecule has 0 aromatic heterocycles. The minimum Gasteiger partial charge on any atom is -0.484 e. The fourth-order valence-corrected chi connectivity index (χ4v) is 4.01. The highest BCUT2D eigenvalue weighted by Crippen LogP contribution is 2.44. The third kappa shape index (κ3) is 3.16. The van der Waals surface area contributed by atoms with Crippen LogP contribution in [0.4, 0.5) is 0 Å². The number of fused-ring (bicyclic) bond motifs is 1. The number of ether oxygens (including phenoxy) is 2. The van der Waals surface area contributed by atoms with Crippen molar-refractivity contribution in [2.75, 3.05) is 14.1 Å². The minimum atomic E-state index is -3.86. The van der Waals surface area contributed by atoms with Gasteiger partial charge in [-0.05, 0) is 6.07 Å². The Morgan fingerprint density at radius 1 is 1.46 bits per heavy atom. The average Bonchev–Trinajstić information content (AvgIpc) is 2.91. The van der Waals surface area contributed by atoms with Crippen LogP contribution in [-0.2, 0) is 30.8 Å². The predicted octanol–water partition coefficient (Wildman–Crippen LogP) is 1.17. The van der Waals surface area contributed by atoms with Crippen molar-refractivity contribution < 1.29 is 32.6 Å². The van der Waals surface area contributed by atoms with Gasteiger partial charge in [0.05, 0.1) is 5.02 Å². The molecule has 0 spiro atoms. The quantitative estimate of drug-likeness (QED) is 0.717. The van der Waals surface area contributed by atoms with Gasteiger partial charge in [-0.3, -0.25) is 4.79 Å². The number of nitrogens with zero attached hydrogens (tertiary/aromatic N) is 1. The molecule has 2 rings (SSSR count). The number of hydrogen-bond acceptors (Lipinski definition) is 6. The van der Waals surface area contributed by atoms with Gasteiger partial charge in [0.1, 0.15) is 15.7 Å². The molecule has 24 heavy (non-hydrogen) atoms. The molecule has 8 nitrogen and oxygen atoms in total. The maximum Gasteiger partial charge on any atom is 0.348 e. The second-order valence-corrected chi connectivity index (χ2v) is 8.01. The molecule has 1 aliphatic rings. The summed E-state index contributed by atoms with van der Waals surface area (Å²) in [5.74, 6) is -1.33. The molecule has 132 valence electrons. The van der Waals surface area contributed by atoms with Gasteiger partial charge in [-0.25, -0.2) is 17.5 Å². The highest BCUT2D eigenvalue weighted by Gasteiger charge is 2.39. The average molecular weight is 398 g/mol. The molecule has 0 saturated carbocycles. The highest BCUT2D eigenvalue weighted by atomic mass is 35.5. The predicted molar refractivity (Wildman–Crippen MR) is 84.0 cm³/mol. The standard InChI is InChI=1S/C13H13Cl2NO7S/c1-16(2)24(20,21)8-4-6-3-7(12(13(18)19)22-5-17)23-11(6)10(15)9(8)14/h4-5,7,12H,3H2,1-2H3,(H,18,19).